The first kappa shape index (κ1) is 22.0. The van der Waals surface area contributed by atoms with Gasteiger partial charge in [-0.15, -0.1) is 0 Å². The van der Waals surface area contributed by atoms with Crippen LogP contribution in [-0.4, -0.2) is 13.1 Å². The summed E-state index contributed by atoms with van der Waals surface area (Å²) in [5, 5.41) is 9.50. The first-order valence-electron chi connectivity index (χ1n) is 12.3. The molecular formula is C30H35N3. The summed E-state index contributed by atoms with van der Waals surface area (Å²) in [6.45, 7) is 23.9. The maximum atomic E-state index is 9.50. The van der Waals surface area contributed by atoms with Crippen LogP contribution in [0.3, 0.4) is 0 Å². The van der Waals surface area contributed by atoms with E-state index in [9.17, 15) is 5.26 Å². The molecule has 0 saturated heterocycles. The average Bonchev–Trinajstić information content (AvgIpc) is 2.77. The number of rotatable bonds is 2. The Balaban J connectivity index is 1.60. The van der Waals surface area contributed by atoms with Crippen LogP contribution in [0.25, 0.3) is 10.9 Å². The minimum Gasteiger partial charge on any atom is -0.371 e. The first-order chi connectivity index (χ1) is 15.5. The van der Waals surface area contributed by atoms with Crippen LogP contribution in [0.1, 0.15) is 77.5 Å². The number of benzene rings is 1. The first-order valence-corrected chi connectivity index (χ1v) is 12.3. The molecule has 1 saturated carbocycles. The molecule has 33 heavy (non-hydrogen) atoms. The van der Waals surface area contributed by atoms with Crippen molar-refractivity contribution in [3.8, 4) is 6.07 Å². The fourth-order valence-electron chi connectivity index (χ4n) is 6.70. The lowest BCUT2D eigenvalue weighted by Gasteiger charge is -2.57. The van der Waals surface area contributed by atoms with Crippen LogP contribution >= 0.6 is 0 Å². The molecule has 3 heteroatoms. The minimum absolute atomic E-state index is 0.100. The molecule has 6 rings (SSSR count). The highest BCUT2D eigenvalue weighted by atomic mass is 15.2. The van der Waals surface area contributed by atoms with Gasteiger partial charge in [-0.2, -0.15) is 0 Å². The number of nitriles is 1. The Labute approximate surface area is 199 Å². The van der Waals surface area contributed by atoms with Gasteiger partial charge in [0.1, 0.15) is 0 Å². The van der Waals surface area contributed by atoms with E-state index in [4.69, 9.17) is 6.57 Å². The SMILES string of the molecule is [C-]#[N+]/C(C#N)=C1C=C(/C=C/c2cc3c4c(c2)C(C)(C)CCN4CCC3(C)C)C2CC/1C2(C)C. The molecule has 1 fully saturated rings. The van der Waals surface area contributed by atoms with Gasteiger partial charge in [-0.05, 0) is 87.3 Å². The lowest BCUT2D eigenvalue weighted by atomic mass is 9.47. The van der Waals surface area contributed by atoms with Gasteiger partial charge >= 0.3 is 0 Å². The van der Waals surface area contributed by atoms with E-state index in [1.165, 1.54) is 40.8 Å². The van der Waals surface area contributed by atoms with Crippen molar-refractivity contribution in [2.24, 2.45) is 17.3 Å². The van der Waals surface area contributed by atoms with Crippen molar-refractivity contribution < 1.29 is 0 Å². The summed E-state index contributed by atoms with van der Waals surface area (Å²) in [6, 6.07) is 6.97. The van der Waals surface area contributed by atoms with Gasteiger partial charge in [-0.1, -0.05) is 59.8 Å². The number of fused-ring (bicyclic) bond motifs is 1. The topological polar surface area (TPSA) is 31.4 Å². The summed E-state index contributed by atoms with van der Waals surface area (Å²) in [5.41, 5.74) is 8.66. The predicted molar refractivity (Wildman–Crippen MR) is 136 cm³/mol. The quantitative estimate of drug-likeness (QED) is 0.363. The van der Waals surface area contributed by atoms with Gasteiger partial charge < -0.3 is 4.90 Å². The van der Waals surface area contributed by atoms with Crippen molar-refractivity contribution in [2.45, 2.75) is 71.6 Å². The van der Waals surface area contributed by atoms with E-state index in [1.54, 1.807) is 0 Å². The van der Waals surface area contributed by atoms with Crippen molar-refractivity contribution in [1.82, 2.24) is 0 Å². The molecule has 2 bridgehead atoms. The Kier molecular flexibility index (Phi) is 4.75. The Hall–Kier alpha value is -2.78. The highest BCUT2D eigenvalue weighted by molar-refractivity contribution is 5.72. The Bertz CT molecular complexity index is 1150. The van der Waals surface area contributed by atoms with E-state index in [0.717, 1.165) is 25.1 Å². The maximum absolute atomic E-state index is 9.50. The molecule has 0 spiro atoms. The van der Waals surface area contributed by atoms with Crippen molar-refractivity contribution in [2.75, 3.05) is 18.0 Å². The van der Waals surface area contributed by atoms with Crippen molar-refractivity contribution in [3.05, 3.63) is 69.2 Å². The molecule has 2 heterocycles. The highest BCUT2D eigenvalue weighted by Crippen LogP contribution is 2.62. The summed E-state index contributed by atoms with van der Waals surface area (Å²) < 4.78 is 0. The molecule has 3 aliphatic carbocycles. The fourth-order valence-corrected chi connectivity index (χ4v) is 6.70. The van der Waals surface area contributed by atoms with Crippen LogP contribution in [-0.2, 0) is 10.8 Å². The van der Waals surface area contributed by atoms with E-state index in [0.29, 0.717) is 11.8 Å². The molecule has 0 amide bonds. The highest BCUT2D eigenvalue weighted by Gasteiger charge is 2.53. The molecule has 1 aromatic carbocycles. The number of nitrogens with zero attached hydrogens (tertiary/aromatic N) is 3. The summed E-state index contributed by atoms with van der Waals surface area (Å²) in [4.78, 5) is 6.15. The van der Waals surface area contributed by atoms with Crippen LogP contribution < -0.4 is 4.90 Å². The van der Waals surface area contributed by atoms with Gasteiger partial charge in [0, 0.05) is 18.8 Å². The van der Waals surface area contributed by atoms with Gasteiger partial charge in [-0.3, -0.25) is 0 Å². The zero-order chi connectivity index (χ0) is 23.8. The number of allylic oxidation sites excluding steroid dienone is 5. The molecule has 2 aliphatic heterocycles. The Morgan fingerprint density at radius 3 is 2.15 bits per heavy atom. The lowest BCUT2D eigenvalue weighted by molar-refractivity contribution is 0.0261. The van der Waals surface area contributed by atoms with E-state index >= 15 is 0 Å². The Morgan fingerprint density at radius 2 is 1.64 bits per heavy atom. The van der Waals surface area contributed by atoms with Crippen LogP contribution in [0.15, 0.2) is 41.1 Å². The van der Waals surface area contributed by atoms with Gasteiger partial charge in [0.25, 0.3) is 5.70 Å². The summed E-state index contributed by atoms with van der Waals surface area (Å²) in [5.74, 6) is 0.816. The van der Waals surface area contributed by atoms with Crippen molar-refractivity contribution in [1.29, 1.82) is 5.26 Å². The van der Waals surface area contributed by atoms with E-state index in [-0.39, 0.29) is 21.9 Å². The number of anilines is 1. The molecule has 5 aliphatic rings. The summed E-state index contributed by atoms with van der Waals surface area (Å²) in [6.07, 6.45) is 10.1. The van der Waals surface area contributed by atoms with Crippen molar-refractivity contribution in [3.63, 3.8) is 0 Å². The van der Waals surface area contributed by atoms with Gasteiger partial charge in [0.05, 0.1) is 12.6 Å². The third-order valence-corrected chi connectivity index (χ3v) is 9.25. The summed E-state index contributed by atoms with van der Waals surface area (Å²) >= 11 is 0. The standard InChI is InChI=1S/C30H35N3/c1-28(2)10-12-33-13-11-29(3,4)25-15-19(14-24(28)27(25)33)8-9-20-16-21(26(18-31)32-7)23-17-22(20)30(23,5)6/h8-9,14-16,22-23H,10-13,17H2,1-6H3/b9-8+,26-21-. The van der Waals surface area contributed by atoms with Gasteiger partial charge in [-0.25, -0.2) is 10.1 Å². The second-order valence-corrected chi connectivity index (χ2v) is 12.4. The van der Waals surface area contributed by atoms with Gasteiger partial charge in [0.15, 0.2) is 0 Å². The number of hydrogen-bond acceptors (Lipinski definition) is 2. The smallest absolute Gasteiger partial charge is 0.265 e. The zero-order valence-electron chi connectivity index (χ0n) is 20.9. The molecule has 0 aromatic heterocycles. The van der Waals surface area contributed by atoms with E-state index in [1.807, 2.05) is 0 Å². The van der Waals surface area contributed by atoms with Crippen LogP contribution in [0.2, 0.25) is 0 Å². The Morgan fingerprint density at radius 1 is 1.03 bits per heavy atom. The molecule has 170 valence electrons. The lowest BCUT2D eigenvalue weighted by Crippen LogP contribution is -2.49. The van der Waals surface area contributed by atoms with E-state index < -0.39 is 0 Å². The molecule has 3 nitrogen and oxygen atoms in total. The van der Waals surface area contributed by atoms with Crippen LogP contribution in [0, 0.1) is 35.2 Å². The molecule has 0 radical (unpaired) electrons. The minimum atomic E-state index is 0.100. The molecule has 0 N–H and O–H groups in total. The number of hydrogen-bond donors (Lipinski definition) is 0. The fraction of sp³-hybridized carbons (Fsp3) is 0.533. The van der Waals surface area contributed by atoms with Crippen LogP contribution in [0.5, 0.6) is 0 Å². The molecule has 2 unspecified atom stereocenters. The third-order valence-electron chi connectivity index (χ3n) is 9.25. The summed E-state index contributed by atoms with van der Waals surface area (Å²) in [7, 11) is 0. The largest absolute Gasteiger partial charge is 0.371 e. The molecular weight excluding hydrogens is 402 g/mol. The maximum Gasteiger partial charge on any atom is 0.265 e. The third kappa shape index (κ3) is 3.20. The average molecular weight is 438 g/mol. The van der Waals surface area contributed by atoms with Crippen LogP contribution in [0.4, 0.5) is 5.69 Å². The van der Waals surface area contributed by atoms with E-state index in [2.05, 4.69) is 87.7 Å². The van der Waals surface area contributed by atoms with Crippen molar-refractivity contribution >= 4 is 11.8 Å². The zero-order valence-corrected chi connectivity index (χ0v) is 20.9. The monoisotopic (exact) mass is 437 g/mol. The molecule has 1 aromatic rings. The second kappa shape index (κ2) is 7.11. The van der Waals surface area contributed by atoms with Gasteiger partial charge in [0.2, 0.25) is 0 Å². The normalized spacial score (nSPS) is 29.3. The predicted octanol–water partition coefficient (Wildman–Crippen LogP) is 7.17. The molecule has 2 atom stereocenters. The second-order valence-electron chi connectivity index (χ2n) is 12.4.